The Morgan fingerprint density at radius 3 is 2.42 bits per heavy atom. The van der Waals surface area contributed by atoms with Crippen LogP contribution in [0.4, 0.5) is 5.69 Å². The number of hydrogen-bond acceptors (Lipinski definition) is 3. The lowest BCUT2D eigenvalue weighted by molar-refractivity contribution is 0.143. The third-order valence-electron chi connectivity index (χ3n) is 3.11. The van der Waals surface area contributed by atoms with E-state index in [0.717, 1.165) is 24.3 Å². The number of nitrogens with one attached hydrogen (secondary N) is 2. The van der Waals surface area contributed by atoms with Crippen molar-refractivity contribution in [3.05, 3.63) is 29.8 Å². The quantitative estimate of drug-likeness (QED) is 0.711. The van der Waals surface area contributed by atoms with Crippen molar-refractivity contribution >= 4 is 5.69 Å². The normalized spacial score (nSPS) is 16.6. The molecule has 0 spiro atoms. The molecule has 1 fully saturated rings. The first-order valence-electron chi connectivity index (χ1n) is 6.86. The van der Waals surface area contributed by atoms with E-state index in [1.54, 1.807) is 13.8 Å². The van der Waals surface area contributed by atoms with Crippen LogP contribution in [0.15, 0.2) is 24.3 Å². The molecule has 3 nitrogen and oxygen atoms in total. The van der Waals surface area contributed by atoms with Crippen LogP contribution in [0.2, 0.25) is 0 Å². The van der Waals surface area contributed by atoms with Crippen molar-refractivity contribution in [3.63, 3.8) is 0 Å². The molecule has 1 aliphatic rings. The number of anilines is 1. The van der Waals surface area contributed by atoms with Crippen LogP contribution in [0, 0.1) is 11.8 Å². The van der Waals surface area contributed by atoms with Gasteiger partial charge in [0.05, 0.1) is 0 Å². The van der Waals surface area contributed by atoms with Gasteiger partial charge in [0.15, 0.2) is 0 Å². The maximum Gasteiger partial charge on any atom is 0.120 e. The molecule has 1 heterocycles. The summed E-state index contributed by atoms with van der Waals surface area (Å²) in [5.41, 5.74) is 1.13. The first-order chi connectivity index (χ1) is 9.03. The van der Waals surface area contributed by atoms with Crippen molar-refractivity contribution in [2.24, 2.45) is 0 Å². The van der Waals surface area contributed by atoms with Crippen LogP contribution in [0.1, 0.15) is 32.3 Å². The molecule has 0 bridgehead atoms. The highest BCUT2D eigenvalue weighted by Crippen LogP contribution is 2.14. The van der Waals surface area contributed by atoms with E-state index in [1.807, 2.05) is 12.1 Å². The standard InChI is InChI=1S/C16H22N2O/c1-16(2,19)10-7-13-3-5-14(6-4-13)18-15-8-11-17-12-9-15/h3-6,15,17-19H,8-9,11-12H2,1-2H3. The zero-order valence-electron chi connectivity index (χ0n) is 11.7. The van der Waals surface area contributed by atoms with Gasteiger partial charge in [0.2, 0.25) is 0 Å². The van der Waals surface area contributed by atoms with Crippen LogP contribution in [0.5, 0.6) is 0 Å². The largest absolute Gasteiger partial charge is 0.382 e. The molecule has 1 aromatic carbocycles. The summed E-state index contributed by atoms with van der Waals surface area (Å²) < 4.78 is 0. The summed E-state index contributed by atoms with van der Waals surface area (Å²) in [6, 6.07) is 8.64. The van der Waals surface area contributed by atoms with Crippen molar-refractivity contribution in [3.8, 4) is 11.8 Å². The molecule has 102 valence electrons. The topological polar surface area (TPSA) is 44.3 Å². The van der Waals surface area contributed by atoms with E-state index in [2.05, 4.69) is 34.6 Å². The molecule has 19 heavy (non-hydrogen) atoms. The van der Waals surface area contributed by atoms with Crippen LogP contribution in [-0.4, -0.2) is 29.8 Å². The minimum Gasteiger partial charge on any atom is -0.382 e. The van der Waals surface area contributed by atoms with E-state index in [-0.39, 0.29) is 0 Å². The van der Waals surface area contributed by atoms with Crippen molar-refractivity contribution in [1.29, 1.82) is 0 Å². The van der Waals surface area contributed by atoms with E-state index >= 15 is 0 Å². The fraction of sp³-hybridized carbons (Fsp3) is 0.500. The molecule has 0 aliphatic carbocycles. The molecular weight excluding hydrogens is 236 g/mol. The molecule has 0 radical (unpaired) electrons. The van der Waals surface area contributed by atoms with E-state index in [4.69, 9.17) is 0 Å². The molecule has 1 aromatic rings. The lowest BCUT2D eigenvalue weighted by Crippen LogP contribution is -2.35. The zero-order valence-corrected chi connectivity index (χ0v) is 11.7. The van der Waals surface area contributed by atoms with E-state index in [0.29, 0.717) is 6.04 Å². The average Bonchev–Trinajstić information content (AvgIpc) is 2.38. The van der Waals surface area contributed by atoms with Gasteiger partial charge in [-0.3, -0.25) is 0 Å². The summed E-state index contributed by atoms with van der Waals surface area (Å²) in [5.74, 6) is 5.79. The minimum atomic E-state index is -0.938. The second kappa shape index (κ2) is 6.10. The van der Waals surface area contributed by atoms with Gasteiger partial charge in [0.1, 0.15) is 5.60 Å². The van der Waals surface area contributed by atoms with Crippen LogP contribution >= 0.6 is 0 Å². The lowest BCUT2D eigenvalue weighted by Gasteiger charge is -2.24. The van der Waals surface area contributed by atoms with E-state index in [9.17, 15) is 5.11 Å². The Bertz CT molecular complexity index is 456. The molecule has 0 unspecified atom stereocenters. The molecule has 1 saturated heterocycles. The fourth-order valence-electron chi connectivity index (χ4n) is 2.08. The maximum atomic E-state index is 9.56. The minimum absolute atomic E-state index is 0.564. The van der Waals surface area contributed by atoms with Gasteiger partial charge in [-0.25, -0.2) is 0 Å². The second-order valence-electron chi connectivity index (χ2n) is 5.55. The van der Waals surface area contributed by atoms with Gasteiger partial charge in [-0.2, -0.15) is 0 Å². The van der Waals surface area contributed by atoms with Gasteiger partial charge >= 0.3 is 0 Å². The van der Waals surface area contributed by atoms with Crippen LogP contribution in [-0.2, 0) is 0 Å². The SMILES string of the molecule is CC(C)(O)C#Cc1ccc(NC2CCNCC2)cc1. The third-order valence-corrected chi connectivity index (χ3v) is 3.11. The number of benzene rings is 1. The Kier molecular flexibility index (Phi) is 4.47. The molecule has 3 N–H and O–H groups in total. The average molecular weight is 258 g/mol. The lowest BCUT2D eigenvalue weighted by atomic mass is 10.1. The highest BCUT2D eigenvalue weighted by molar-refractivity contribution is 5.49. The highest BCUT2D eigenvalue weighted by atomic mass is 16.3. The predicted octanol–water partition coefficient (Wildman–Crippen LogP) is 1.97. The third kappa shape index (κ3) is 4.94. The number of rotatable bonds is 2. The summed E-state index contributed by atoms with van der Waals surface area (Å²) in [7, 11) is 0. The Morgan fingerprint density at radius 2 is 1.84 bits per heavy atom. The van der Waals surface area contributed by atoms with Crippen molar-refractivity contribution in [1.82, 2.24) is 5.32 Å². The number of aliphatic hydroxyl groups is 1. The molecule has 2 rings (SSSR count). The fourth-order valence-corrected chi connectivity index (χ4v) is 2.08. The molecular formula is C16H22N2O. The predicted molar refractivity (Wildman–Crippen MR) is 79.1 cm³/mol. The Morgan fingerprint density at radius 1 is 1.21 bits per heavy atom. The first kappa shape index (κ1) is 13.9. The molecule has 1 aliphatic heterocycles. The molecule has 0 amide bonds. The molecule has 0 saturated carbocycles. The first-order valence-corrected chi connectivity index (χ1v) is 6.86. The second-order valence-corrected chi connectivity index (χ2v) is 5.55. The highest BCUT2D eigenvalue weighted by Gasteiger charge is 2.12. The smallest absolute Gasteiger partial charge is 0.120 e. The molecule has 0 aromatic heterocycles. The van der Waals surface area contributed by atoms with Gasteiger partial charge in [-0.15, -0.1) is 0 Å². The van der Waals surface area contributed by atoms with Crippen molar-refractivity contribution in [2.75, 3.05) is 18.4 Å². The number of piperidine rings is 1. The van der Waals surface area contributed by atoms with Crippen LogP contribution in [0.25, 0.3) is 0 Å². The van der Waals surface area contributed by atoms with Gasteiger partial charge in [-0.05, 0) is 64.0 Å². The van der Waals surface area contributed by atoms with Gasteiger partial charge < -0.3 is 15.7 Å². The van der Waals surface area contributed by atoms with E-state index < -0.39 is 5.60 Å². The zero-order chi connectivity index (χ0) is 13.7. The summed E-state index contributed by atoms with van der Waals surface area (Å²) in [5, 5.41) is 16.5. The molecule has 3 heteroatoms. The number of hydrogen-bond donors (Lipinski definition) is 3. The summed E-state index contributed by atoms with van der Waals surface area (Å²) in [6.07, 6.45) is 2.33. The Hall–Kier alpha value is -1.50. The summed E-state index contributed by atoms with van der Waals surface area (Å²) >= 11 is 0. The molecule has 0 atom stereocenters. The van der Waals surface area contributed by atoms with Crippen LogP contribution in [0.3, 0.4) is 0 Å². The summed E-state index contributed by atoms with van der Waals surface area (Å²) in [6.45, 7) is 5.56. The van der Waals surface area contributed by atoms with Gasteiger partial charge in [-0.1, -0.05) is 11.8 Å². The van der Waals surface area contributed by atoms with Crippen LogP contribution < -0.4 is 10.6 Å². The Balaban J connectivity index is 1.95. The van der Waals surface area contributed by atoms with Crippen molar-refractivity contribution in [2.45, 2.75) is 38.3 Å². The van der Waals surface area contributed by atoms with E-state index in [1.165, 1.54) is 12.8 Å². The Labute approximate surface area is 115 Å². The summed E-state index contributed by atoms with van der Waals surface area (Å²) in [4.78, 5) is 0. The monoisotopic (exact) mass is 258 g/mol. The maximum absolute atomic E-state index is 9.56. The van der Waals surface area contributed by atoms with Gasteiger partial charge in [0.25, 0.3) is 0 Å². The van der Waals surface area contributed by atoms with Crippen molar-refractivity contribution < 1.29 is 5.11 Å². The van der Waals surface area contributed by atoms with Gasteiger partial charge in [0, 0.05) is 17.3 Å².